The lowest BCUT2D eigenvalue weighted by Crippen LogP contribution is -2.50. The summed E-state index contributed by atoms with van der Waals surface area (Å²) in [5.41, 5.74) is 3.12. The summed E-state index contributed by atoms with van der Waals surface area (Å²) in [7, 11) is 1.37. The molecule has 28 heavy (non-hydrogen) atoms. The summed E-state index contributed by atoms with van der Waals surface area (Å²) in [5, 5.41) is 0.510. The summed E-state index contributed by atoms with van der Waals surface area (Å²) in [4.78, 5) is 33.6. The molecule has 0 saturated heterocycles. The average molecular weight is 399 g/mol. The lowest BCUT2D eigenvalue weighted by Gasteiger charge is -2.50. The molecule has 6 heteroatoms. The zero-order valence-corrected chi connectivity index (χ0v) is 17.0. The quantitative estimate of drug-likeness (QED) is 0.563. The van der Waals surface area contributed by atoms with E-state index in [1.807, 2.05) is 26.0 Å². The summed E-state index contributed by atoms with van der Waals surface area (Å²) in [5.74, 6) is 0.691. The predicted octanol–water partition coefficient (Wildman–Crippen LogP) is 4.07. The summed E-state index contributed by atoms with van der Waals surface area (Å²) in [6.45, 7) is 3.88. The van der Waals surface area contributed by atoms with E-state index >= 15 is 0 Å². The Kier molecular flexibility index (Phi) is 4.74. The number of benzene rings is 1. The molecule has 3 atom stereocenters. The fourth-order valence-electron chi connectivity index (χ4n) is 5.14. The maximum Gasteiger partial charge on any atom is 0.337 e. The Labute approximate surface area is 169 Å². The number of Topliss-reactive ketones (excluding diaryl/α,β-unsaturated/α-hetero) is 1. The number of nitrogens with zero attached hydrogens (tertiary/aromatic N) is 2. The van der Waals surface area contributed by atoms with Crippen molar-refractivity contribution in [2.24, 2.45) is 11.8 Å². The van der Waals surface area contributed by atoms with Gasteiger partial charge in [-0.3, -0.25) is 4.79 Å². The zero-order valence-electron chi connectivity index (χ0n) is 16.3. The van der Waals surface area contributed by atoms with Crippen LogP contribution in [0.3, 0.4) is 0 Å². The van der Waals surface area contributed by atoms with Crippen molar-refractivity contribution in [1.82, 2.24) is 9.97 Å². The Balaban J connectivity index is 1.94. The van der Waals surface area contributed by atoms with Crippen LogP contribution in [-0.2, 0) is 21.4 Å². The highest BCUT2D eigenvalue weighted by molar-refractivity contribution is 6.30. The molecule has 2 aliphatic rings. The van der Waals surface area contributed by atoms with Crippen LogP contribution >= 0.6 is 11.6 Å². The van der Waals surface area contributed by atoms with E-state index in [9.17, 15) is 9.59 Å². The van der Waals surface area contributed by atoms with E-state index in [-0.39, 0.29) is 17.8 Å². The molecule has 0 radical (unpaired) electrons. The minimum Gasteiger partial charge on any atom is -0.465 e. The molecule has 0 unspecified atom stereocenters. The molecule has 1 fully saturated rings. The van der Waals surface area contributed by atoms with Crippen LogP contribution in [0.1, 0.15) is 59.2 Å². The van der Waals surface area contributed by atoms with Crippen molar-refractivity contribution in [2.45, 2.75) is 44.9 Å². The molecule has 146 valence electrons. The highest BCUT2D eigenvalue weighted by Gasteiger charge is 2.53. The van der Waals surface area contributed by atoms with Gasteiger partial charge < -0.3 is 4.74 Å². The average Bonchev–Trinajstić information content (AvgIpc) is 2.70. The van der Waals surface area contributed by atoms with E-state index in [4.69, 9.17) is 21.3 Å². The van der Waals surface area contributed by atoms with E-state index in [1.165, 1.54) is 7.11 Å². The Morgan fingerprint density at radius 2 is 1.93 bits per heavy atom. The minimum atomic E-state index is -0.396. The molecule has 0 N–H and O–H groups in total. The number of halogens is 1. The van der Waals surface area contributed by atoms with Gasteiger partial charge in [-0.25, -0.2) is 14.8 Å². The van der Waals surface area contributed by atoms with E-state index < -0.39 is 5.41 Å². The van der Waals surface area contributed by atoms with Gasteiger partial charge in [0.1, 0.15) is 16.8 Å². The number of carbonyl (C=O) groups excluding carboxylic acids is 2. The molecular formula is C22H23ClN2O3. The van der Waals surface area contributed by atoms with Gasteiger partial charge in [0.2, 0.25) is 0 Å². The van der Waals surface area contributed by atoms with Crippen molar-refractivity contribution in [3.8, 4) is 0 Å². The molecule has 1 aromatic carbocycles. The van der Waals surface area contributed by atoms with Crippen molar-refractivity contribution >= 4 is 23.4 Å². The molecule has 4 rings (SSSR count). The lowest BCUT2D eigenvalue weighted by molar-refractivity contribution is -0.128. The number of hydrogen-bond donors (Lipinski definition) is 0. The van der Waals surface area contributed by atoms with Crippen molar-refractivity contribution in [3.63, 3.8) is 0 Å². The summed E-state index contributed by atoms with van der Waals surface area (Å²) in [6.07, 6.45) is 2.85. The molecular weight excluding hydrogens is 376 g/mol. The normalized spacial score (nSPS) is 26.4. The topological polar surface area (TPSA) is 69.2 Å². The SMILES string of the molecule is COC(=O)c1ccc([C@]23CCC(=O)[C@@H](C)[C@@H]2CCc2c(Cl)nc(C)nc23)cc1. The van der Waals surface area contributed by atoms with Crippen LogP contribution in [-0.4, -0.2) is 28.8 Å². The number of esters is 1. The van der Waals surface area contributed by atoms with Crippen LogP contribution in [0.4, 0.5) is 0 Å². The molecule has 1 aromatic heterocycles. The van der Waals surface area contributed by atoms with Crippen LogP contribution in [0.25, 0.3) is 0 Å². The van der Waals surface area contributed by atoms with Crippen molar-refractivity contribution in [1.29, 1.82) is 0 Å². The largest absolute Gasteiger partial charge is 0.465 e. The first-order valence-corrected chi connectivity index (χ1v) is 10.0. The molecule has 2 aliphatic carbocycles. The summed E-state index contributed by atoms with van der Waals surface area (Å²) in [6, 6.07) is 7.53. The third-order valence-electron chi connectivity index (χ3n) is 6.53. The van der Waals surface area contributed by atoms with Gasteiger partial charge in [0, 0.05) is 23.3 Å². The number of fused-ring (bicyclic) bond motifs is 3. The molecule has 1 heterocycles. The van der Waals surface area contributed by atoms with Gasteiger partial charge in [-0.1, -0.05) is 30.7 Å². The molecule has 0 amide bonds. The second-order valence-corrected chi connectivity index (χ2v) is 8.19. The zero-order chi connectivity index (χ0) is 20.1. The predicted molar refractivity (Wildman–Crippen MR) is 106 cm³/mol. The molecule has 0 bridgehead atoms. The third kappa shape index (κ3) is 2.75. The van der Waals surface area contributed by atoms with E-state index in [2.05, 4.69) is 4.98 Å². The summed E-state index contributed by atoms with van der Waals surface area (Å²) >= 11 is 6.50. The van der Waals surface area contributed by atoms with Gasteiger partial charge in [0.05, 0.1) is 18.4 Å². The van der Waals surface area contributed by atoms with Crippen molar-refractivity contribution in [2.75, 3.05) is 7.11 Å². The van der Waals surface area contributed by atoms with Gasteiger partial charge >= 0.3 is 5.97 Å². The molecule has 1 saturated carbocycles. The van der Waals surface area contributed by atoms with Crippen LogP contribution in [0, 0.1) is 18.8 Å². The lowest BCUT2D eigenvalue weighted by atomic mass is 9.53. The molecule has 2 aromatic rings. The van der Waals surface area contributed by atoms with Crippen LogP contribution in [0.15, 0.2) is 24.3 Å². The smallest absolute Gasteiger partial charge is 0.337 e. The fourth-order valence-corrected chi connectivity index (χ4v) is 5.45. The Morgan fingerprint density at radius 3 is 2.61 bits per heavy atom. The third-order valence-corrected chi connectivity index (χ3v) is 6.84. The minimum absolute atomic E-state index is 0.0452. The Hall–Kier alpha value is -2.27. The highest BCUT2D eigenvalue weighted by atomic mass is 35.5. The maximum atomic E-state index is 12.5. The number of aromatic nitrogens is 2. The fraction of sp³-hybridized carbons (Fsp3) is 0.455. The first-order valence-electron chi connectivity index (χ1n) is 9.63. The number of hydrogen-bond acceptors (Lipinski definition) is 5. The number of rotatable bonds is 2. The van der Waals surface area contributed by atoms with Crippen molar-refractivity contribution in [3.05, 3.63) is 57.6 Å². The van der Waals surface area contributed by atoms with Crippen molar-refractivity contribution < 1.29 is 14.3 Å². The molecule has 0 aliphatic heterocycles. The maximum absolute atomic E-state index is 12.5. The second kappa shape index (κ2) is 6.96. The van der Waals surface area contributed by atoms with E-state index in [0.717, 1.165) is 29.7 Å². The van der Waals surface area contributed by atoms with Crippen LogP contribution in [0.2, 0.25) is 5.15 Å². The van der Waals surface area contributed by atoms with Gasteiger partial charge in [0.25, 0.3) is 0 Å². The molecule has 0 spiro atoms. The number of methoxy groups -OCH3 is 1. The first-order chi connectivity index (χ1) is 13.4. The molecule has 5 nitrogen and oxygen atoms in total. The van der Waals surface area contributed by atoms with Gasteiger partial charge in [-0.05, 0) is 49.8 Å². The van der Waals surface area contributed by atoms with Crippen LogP contribution < -0.4 is 0 Å². The summed E-state index contributed by atoms with van der Waals surface area (Å²) < 4.78 is 4.82. The van der Waals surface area contributed by atoms with E-state index in [0.29, 0.717) is 35.2 Å². The standard InChI is InChI=1S/C22H23ClN2O3/c1-12-17-9-8-16-19(24-13(2)25-20(16)23)22(17,11-10-18(12)26)15-6-4-14(5-7-15)21(27)28-3/h4-7,12,17H,8-11H2,1-3H3/t12-,17-,22+/m0/s1. The van der Waals surface area contributed by atoms with Gasteiger partial charge in [-0.2, -0.15) is 0 Å². The first kappa shape index (κ1) is 19.1. The van der Waals surface area contributed by atoms with E-state index in [1.54, 1.807) is 12.1 Å². The number of aryl methyl sites for hydroxylation is 1. The number of ketones is 1. The van der Waals surface area contributed by atoms with Gasteiger partial charge in [-0.15, -0.1) is 0 Å². The monoisotopic (exact) mass is 398 g/mol. The van der Waals surface area contributed by atoms with Gasteiger partial charge in [0.15, 0.2) is 0 Å². The highest BCUT2D eigenvalue weighted by Crippen LogP contribution is 2.55. The number of ether oxygens (including phenoxy) is 1. The second-order valence-electron chi connectivity index (χ2n) is 7.83. The van der Waals surface area contributed by atoms with Crippen LogP contribution in [0.5, 0.6) is 0 Å². The number of carbonyl (C=O) groups is 2. The Morgan fingerprint density at radius 1 is 1.21 bits per heavy atom. The Bertz CT molecular complexity index is 957.